The summed E-state index contributed by atoms with van der Waals surface area (Å²) in [7, 11) is 0. The molecule has 0 spiro atoms. The molecule has 0 saturated heterocycles. The average Bonchev–Trinajstić information content (AvgIpc) is 1.97. The fourth-order valence-corrected chi connectivity index (χ4v) is 1.77. The minimum Gasteiger partial charge on any atom is -0.240 e. The van der Waals surface area contributed by atoms with E-state index in [4.69, 9.17) is 0 Å². The summed E-state index contributed by atoms with van der Waals surface area (Å²) < 4.78 is 27.1. The van der Waals surface area contributed by atoms with E-state index in [1.54, 1.807) is 13.8 Å². The van der Waals surface area contributed by atoms with E-state index in [0.717, 1.165) is 6.42 Å². The van der Waals surface area contributed by atoms with Crippen molar-refractivity contribution in [1.82, 2.24) is 0 Å². The molecule has 0 nitrogen and oxygen atoms in total. The molecule has 1 aliphatic carbocycles. The molecule has 2 heteroatoms. The first kappa shape index (κ1) is 9.94. The Morgan fingerprint density at radius 3 is 2.50 bits per heavy atom. The number of hydrogen-bond donors (Lipinski definition) is 0. The van der Waals surface area contributed by atoms with Crippen LogP contribution in [-0.2, 0) is 0 Å². The summed E-state index contributed by atoms with van der Waals surface area (Å²) in [5, 5.41) is 0. The van der Waals surface area contributed by atoms with Crippen molar-refractivity contribution in [3.05, 3.63) is 6.17 Å². The lowest BCUT2D eigenvalue weighted by Crippen LogP contribution is -2.39. The minimum absolute atomic E-state index is 0.231. The zero-order valence-electron chi connectivity index (χ0n) is 8.03. The molecule has 0 aromatic carbocycles. The van der Waals surface area contributed by atoms with E-state index in [0.29, 0.717) is 18.8 Å². The zero-order valence-corrected chi connectivity index (χ0v) is 8.03. The van der Waals surface area contributed by atoms with Gasteiger partial charge in [-0.3, -0.25) is 0 Å². The zero-order chi connectivity index (χ0) is 9.35. The fraction of sp³-hybridized carbons (Fsp3) is 0.900. The lowest BCUT2D eigenvalue weighted by atomic mass is 9.74. The molecular formula is C10H17F2. The molecular weight excluding hydrogens is 158 g/mol. The lowest BCUT2D eigenvalue weighted by Gasteiger charge is -2.37. The highest BCUT2D eigenvalue weighted by Gasteiger charge is 2.46. The lowest BCUT2D eigenvalue weighted by molar-refractivity contribution is 0.0226. The summed E-state index contributed by atoms with van der Waals surface area (Å²) in [6.45, 7) is 5.46. The normalized spacial score (nSPS) is 39.0. The summed E-state index contributed by atoms with van der Waals surface area (Å²) >= 11 is 0. The third kappa shape index (κ3) is 1.62. The molecule has 71 valence electrons. The van der Waals surface area contributed by atoms with E-state index in [-0.39, 0.29) is 5.92 Å². The van der Waals surface area contributed by atoms with Gasteiger partial charge in [0, 0.05) is 0 Å². The highest BCUT2D eigenvalue weighted by molar-refractivity contribution is 5.06. The number of alkyl halides is 1. The van der Waals surface area contributed by atoms with E-state index < -0.39 is 11.8 Å². The Labute approximate surface area is 73.3 Å². The van der Waals surface area contributed by atoms with Crippen LogP contribution in [0.1, 0.15) is 40.0 Å². The van der Waals surface area contributed by atoms with Crippen molar-refractivity contribution in [3.63, 3.8) is 0 Å². The van der Waals surface area contributed by atoms with Crippen molar-refractivity contribution >= 4 is 0 Å². The summed E-state index contributed by atoms with van der Waals surface area (Å²) in [4.78, 5) is 0. The molecule has 2 unspecified atom stereocenters. The summed E-state index contributed by atoms with van der Waals surface area (Å²) in [6, 6.07) is 0. The summed E-state index contributed by atoms with van der Waals surface area (Å²) in [5.41, 5.74) is -1.63. The van der Waals surface area contributed by atoms with Gasteiger partial charge >= 0.3 is 0 Å². The molecule has 1 rings (SSSR count). The second kappa shape index (κ2) is 3.31. The second-order valence-electron chi connectivity index (χ2n) is 4.27. The molecule has 0 aromatic rings. The molecule has 0 heterocycles. The average molecular weight is 175 g/mol. The van der Waals surface area contributed by atoms with Gasteiger partial charge in [-0.15, -0.1) is 0 Å². The number of halogens is 2. The van der Waals surface area contributed by atoms with Gasteiger partial charge in [0.1, 0.15) is 5.67 Å². The van der Waals surface area contributed by atoms with E-state index in [2.05, 4.69) is 0 Å². The quantitative estimate of drug-likeness (QED) is 0.570. The molecule has 0 aromatic heterocycles. The predicted octanol–water partition coefficient (Wildman–Crippen LogP) is 3.67. The van der Waals surface area contributed by atoms with Gasteiger partial charge in [-0.1, -0.05) is 20.8 Å². The molecule has 1 radical (unpaired) electrons. The van der Waals surface area contributed by atoms with Crippen LogP contribution >= 0.6 is 0 Å². The maximum atomic E-state index is 13.8. The van der Waals surface area contributed by atoms with Gasteiger partial charge in [-0.25, -0.2) is 8.78 Å². The first-order valence-corrected chi connectivity index (χ1v) is 4.67. The first-order chi connectivity index (χ1) is 5.47. The van der Waals surface area contributed by atoms with Gasteiger partial charge in [0.25, 0.3) is 0 Å². The van der Waals surface area contributed by atoms with Crippen LogP contribution in [0.3, 0.4) is 0 Å². The van der Waals surface area contributed by atoms with Crippen molar-refractivity contribution in [2.45, 2.75) is 45.7 Å². The molecule has 1 saturated carbocycles. The standard InChI is InChI=1S/C10H17F2/c1-7(2)10(12)5-4-8(3)6-9(10)11/h7-8H,4-6H2,1-3H3. The summed E-state index contributed by atoms with van der Waals surface area (Å²) in [5.74, 6) is 0.0811. The van der Waals surface area contributed by atoms with Crippen LogP contribution in [0.25, 0.3) is 0 Å². The molecule has 0 amide bonds. The maximum Gasteiger partial charge on any atom is 0.182 e. The molecule has 0 N–H and O–H groups in total. The van der Waals surface area contributed by atoms with Crippen LogP contribution in [0.15, 0.2) is 0 Å². The Balaban J connectivity index is 2.66. The molecule has 12 heavy (non-hydrogen) atoms. The van der Waals surface area contributed by atoms with E-state index in [1.807, 2.05) is 6.92 Å². The van der Waals surface area contributed by atoms with Crippen LogP contribution in [0.2, 0.25) is 0 Å². The van der Waals surface area contributed by atoms with Crippen molar-refractivity contribution in [1.29, 1.82) is 0 Å². The fourth-order valence-electron chi connectivity index (χ4n) is 1.77. The predicted molar refractivity (Wildman–Crippen MR) is 46.0 cm³/mol. The molecule has 2 atom stereocenters. The Morgan fingerprint density at radius 2 is 2.08 bits per heavy atom. The maximum absolute atomic E-state index is 13.8. The van der Waals surface area contributed by atoms with Crippen LogP contribution in [0.5, 0.6) is 0 Å². The Hall–Kier alpha value is -0.140. The van der Waals surface area contributed by atoms with E-state index in [1.165, 1.54) is 0 Å². The first-order valence-electron chi connectivity index (χ1n) is 4.67. The molecule has 0 aliphatic heterocycles. The van der Waals surface area contributed by atoms with Crippen LogP contribution in [0, 0.1) is 18.0 Å². The summed E-state index contributed by atoms with van der Waals surface area (Å²) in [6.07, 6.45) is 1.05. The smallest absolute Gasteiger partial charge is 0.182 e. The second-order valence-corrected chi connectivity index (χ2v) is 4.27. The molecule has 0 bridgehead atoms. The monoisotopic (exact) mass is 175 g/mol. The highest BCUT2D eigenvalue weighted by atomic mass is 19.2. The van der Waals surface area contributed by atoms with Gasteiger partial charge < -0.3 is 0 Å². The third-order valence-corrected chi connectivity index (χ3v) is 2.89. The van der Waals surface area contributed by atoms with Gasteiger partial charge in [-0.05, 0) is 31.1 Å². The number of hydrogen-bond acceptors (Lipinski definition) is 0. The van der Waals surface area contributed by atoms with Gasteiger partial charge in [0.05, 0.1) is 0 Å². The Bertz CT molecular complexity index is 156. The SMILES string of the molecule is CC1CCC(F)(C(C)C)[C](F)C1. The van der Waals surface area contributed by atoms with Crippen LogP contribution in [-0.4, -0.2) is 5.67 Å². The van der Waals surface area contributed by atoms with Crippen LogP contribution < -0.4 is 0 Å². The van der Waals surface area contributed by atoms with E-state index >= 15 is 0 Å². The molecule has 1 fully saturated rings. The van der Waals surface area contributed by atoms with Gasteiger partial charge in [-0.2, -0.15) is 0 Å². The largest absolute Gasteiger partial charge is 0.240 e. The topological polar surface area (TPSA) is 0 Å². The highest BCUT2D eigenvalue weighted by Crippen LogP contribution is 2.46. The van der Waals surface area contributed by atoms with Crippen molar-refractivity contribution in [2.24, 2.45) is 11.8 Å². The van der Waals surface area contributed by atoms with Gasteiger partial charge in [0.2, 0.25) is 0 Å². The van der Waals surface area contributed by atoms with Gasteiger partial charge in [0.15, 0.2) is 6.17 Å². The van der Waals surface area contributed by atoms with Crippen molar-refractivity contribution in [2.75, 3.05) is 0 Å². The third-order valence-electron chi connectivity index (χ3n) is 2.89. The molecule has 1 aliphatic rings. The van der Waals surface area contributed by atoms with Crippen molar-refractivity contribution < 1.29 is 8.78 Å². The van der Waals surface area contributed by atoms with Crippen LogP contribution in [0.4, 0.5) is 8.78 Å². The van der Waals surface area contributed by atoms with Crippen molar-refractivity contribution in [3.8, 4) is 0 Å². The Morgan fingerprint density at radius 1 is 1.50 bits per heavy atom. The van der Waals surface area contributed by atoms with E-state index in [9.17, 15) is 8.78 Å². The minimum atomic E-state index is -1.63. The Kier molecular flexibility index (Phi) is 2.74. The number of rotatable bonds is 1.